The number of Topliss-reactive ketones (excluding diaryl/α,β-unsaturated/α-hetero) is 4. The Morgan fingerprint density at radius 1 is 1.06 bits per heavy atom. The minimum atomic E-state index is -2.78. The maximum atomic E-state index is 13.8. The highest BCUT2D eigenvalue weighted by molar-refractivity contribution is 6.32. The molecule has 3 aliphatic carbocycles. The summed E-state index contributed by atoms with van der Waals surface area (Å²) in [5.41, 5.74) is 3.19. The molecule has 186 valence electrons. The molecular weight excluding hydrogens is 458 g/mol. The van der Waals surface area contributed by atoms with E-state index in [1.54, 1.807) is 25.1 Å². The largest absolute Gasteiger partial charge is 0.478 e. The third-order valence-corrected chi connectivity index (χ3v) is 7.65. The number of benzene rings is 1. The Morgan fingerprint density at radius 2 is 1.69 bits per heavy atom. The molecule has 0 radical (unpaired) electrons. The van der Waals surface area contributed by atoms with E-state index in [0.717, 1.165) is 0 Å². The molecule has 0 spiro atoms. The topological polar surface area (TPSA) is 175 Å². The van der Waals surface area contributed by atoms with Crippen molar-refractivity contribution in [2.24, 2.45) is 29.4 Å². The smallest absolute Gasteiger partial charge is 0.336 e. The molecule has 11 nitrogen and oxygen atoms in total. The van der Waals surface area contributed by atoms with Crippen LogP contribution >= 0.6 is 0 Å². The van der Waals surface area contributed by atoms with Gasteiger partial charge in [0.15, 0.2) is 34.7 Å². The summed E-state index contributed by atoms with van der Waals surface area (Å²) in [6.45, 7) is 0. The summed E-state index contributed by atoms with van der Waals surface area (Å²) >= 11 is 0. The van der Waals surface area contributed by atoms with E-state index in [9.17, 15) is 39.0 Å². The number of aliphatic hydroxyl groups is 1. The van der Waals surface area contributed by atoms with Gasteiger partial charge in [-0.3, -0.25) is 28.9 Å². The first-order valence-electron chi connectivity index (χ1n) is 11.2. The molecule has 1 aromatic carbocycles. The van der Waals surface area contributed by atoms with Gasteiger partial charge in [0, 0.05) is 31.3 Å². The average Bonchev–Trinajstić information content (AvgIpc) is 2.74. The first kappa shape index (κ1) is 24.7. The Hall–Kier alpha value is -3.44. The Kier molecular flexibility index (Phi) is 5.68. The molecule has 6 atom stereocenters. The second kappa shape index (κ2) is 8.06. The van der Waals surface area contributed by atoms with E-state index in [0.29, 0.717) is 11.3 Å². The van der Waals surface area contributed by atoms with Crippen molar-refractivity contribution in [2.45, 2.75) is 24.5 Å². The lowest BCUT2D eigenvalue weighted by molar-refractivity contribution is -0.181. The summed E-state index contributed by atoms with van der Waals surface area (Å²) in [4.78, 5) is 80.8. The summed E-state index contributed by atoms with van der Waals surface area (Å²) in [6, 6.07) is 1.72. The molecular formula is C24H27N3O8. The molecule has 0 saturated heterocycles. The van der Waals surface area contributed by atoms with Crippen molar-refractivity contribution in [3.8, 4) is 0 Å². The summed E-state index contributed by atoms with van der Waals surface area (Å²) < 4.78 is 0. The van der Waals surface area contributed by atoms with Crippen LogP contribution in [0.1, 0.15) is 32.7 Å². The van der Waals surface area contributed by atoms with Gasteiger partial charge in [0.1, 0.15) is 0 Å². The van der Waals surface area contributed by atoms with Crippen molar-refractivity contribution in [2.75, 3.05) is 33.1 Å². The van der Waals surface area contributed by atoms with Crippen LogP contribution in [0.5, 0.6) is 0 Å². The summed E-state index contributed by atoms with van der Waals surface area (Å²) in [6.07, 6.45) is 0.106. The Morgan fingerprint density at radius 3 is 2.20 bits per heavy atom. The van der Waals surface area contributed by atoms with Crippen LogP contribution < -0.4 is 10.6 Å². The van der Waals surface area contributed by atoms with E-state index in [1.165, 1.54) is 25.1 Å². The molecule has 0 aliphatic heterocycles. The average molecular weight is 485 g/mol. The van der Waals surface area contributed by atoms with Crippen molar-refractivity contribution in [1.82, 2.24) is 4.90 Å². The molecule has 2 unspecified atom stereocenters. The number of nitrogens with two attached hydrogens (primary N) is 1. The number of anilines is 1. The first-order chi connectivity index (χ1) is 16.2. The monoisotopic (exact) mass is 485 g/mol. The maximum absolute atomic E-state index is 13.8. The van der Waals surface area contributed by atoms with Crippen molar-refractivity contribution in [3.05, 3.63) is 28.8 Å². The number of carbonyl (C=O) groups excluding carboxylic acids is 5. The van der Waals surface area contributed by atoms with Crippen molar-refractivity contribution in [3.63, 3.8) is 0 Å². The van der Waals surface area contributed by atoms with Gasteiger partial charge in [0.05, 0.1) is 17.5 Å². The van der Waals surface area contributed by atoms with Crippen LogP contribution in [0.2, 0.25) is 0 Å². The standard InChI is InChI=1S/C24H27N3O8/c1-26(2)13-6-5-10(23(33)34)15-11(13)7-9-8-12-17(27(3)4)19(29)16(22(25)32)21(31)24(12,35)20(30)14(9)18(15)28/h5-6,9,12,14,16-17,35H,7-8H2,1-4H3,(H2,25,32)(H,33,34)/t9-,12-,14?,16?,17-,24-/m0/s1. The number of carboxylic acid groups (broad SMARTS) is 1. The number of carbonyl (C=O) groups is 6. The molecule has 0 aromatic heterocycles. The fourth-order valence-corrected chi connectivity index (χ4v) is 6.20. The highest BCUT2D eigenvalue weighted by Gasteiger charge is 2.69. The molecule has 35 heavy (non-hydrogen) atoms. The molecule has 0 bridgehead atoms. The van der Waals surface area contributed by atoms with Gasteiger partial charge in [-0.15, -0.1) is 0 Å². The number of carboxylic acids is 1. The number of aromatic carboxylic acids is 1. The minimum Gasteiger partial charge on any atom is -0.478 e. The van der Waals surface area contributed by atoms with Gasteiger partial charge in [0.25, 0.3) is 0 Å². The number of hydrogen-bond donors (Lipinski definition) is 3. The predicted octanol–water partition coefficient (Wildman–Crippen LogP) is -1.07. The molecule has 2 saturated carbocycles. The van der Waals surface area contributed by atoms with Crippen molar-refractivity contribution in [1.29, 1.82) is 0 Å². The van der Waals surface area contributed by atoms with Crippen LogP contribution in [0.15, 0.2) is 12.1 Å². The molecule has 4 N–H and O–H groups in total. The van der Waals surface area contributed by atoms with E-state index < -0.39 is 70.3 Å². The van der Waals surface area contributed by atoms with Crippen LogP contribution in [0.25, 0.3) is 0 Å². The van der Waals surface area contributed by atoms with Gasteiger partial charge in [-0.25, -0.2) is 4.79 Å². The maximum Gasteiger partial charge on any atom is 0.336 e. The lowest BCUT2D eigenvalue weighted by Gasteiger charge is -2.52. The SMILES string of the molecule is CN(C)c1ccc(C(=O)O)c2c1C[C@H]1C[C@H]3[C@H](N(C)C)C(=O)C(C(N)=O)C(=O)[C@@]3(O)C(=O)C1C2=O. The normalized spacial score (nSPS) is 32.1. The molecule has 2 fully saturated rings. The number of rotatable bonds is 4. The van der Waals surface area contributed by atoms with Gasteiger partial charge in [-0.1, -0.05) is 0 Å². The van der Waals surface area contributed by atoms with E-state index >= 15 is 0 Å². The molecule has 1 aromatic rings. The zero-order valence-corrected chi connectivity index (χ0v) is 19.8. The number of likely N-dealkylation sites (N-methyl/N-ethyl adjacent to an activating group) is 1. The van der Waals surface area contributed by atoms with Crippen molar-refractivity contribution >= 4 is 40.7 Å². The van der Waals surface area contributed by atoms with E-state index in [1.807, 2.05) is 0 Å². The van der Waals surface area contributed by atoms with Gasteiger partial charge in [0.2, 0.25) is 5.91 Å². The zero-order chi connectivity index (χ0) is 26.1. The minimum absolute atomic E-state index is 0.0337. The van der Waals surface area contributed by atoms with Crippen LogP contribution in [-0.4, -0.2) is 90.0 Å². The Balaban J connectivity index is 1.92. The third kappa shape index (κ3) is 3.25. The second-order valence-corrected chi connectivity index (χ2v) is 9.97. The molecule has 1 amide bonds. The molecule has 3 aliphatic rings. The lowest BCUT2D eigenvalue weighted by atomic mass is 9.52. The number of amides is 1. The quantitative estimate of drug-likeness (QED) is 0.445. The van der Waals surface area contributed by atoms with Gasteiger partial charge in [-0.2, -0.15) is 0 Å². The first-order valence-corrected chi connectivity index (χ1v) is 11.2. The number of hydrogen-bond acceptors (Lipinski definition) is 9. The highest BCUT2D eigenvalue weighted by atomic mass is 16.4. The van der Waals surface area contributed by atoms with E-state index in [4.69, 9.17) is 5.73 Å². The van der Waals surface area contributed by atoms with Gasteiger partial charge in [-0.05, 0) is 50.6 Å². The number of nitrogens with zero attached hydrogens (tertiary/aromatic N) is 2. The second-order valence-electron chi connectivity index (χ2n) is 9.97. The van der Waals surface area contributed by atoms with E-state index in [2.05, 4.69) is 0 Å². The van der Waals surface area contributed by atoms with Crippen LogP contribution in [0.3, 0.4) is 0 Å². The predicted molar refractivity (Wildman–Crippen MR) is 121 cm³/mol. The number of primary amides is 1. The fourth-order valence-electron chi connectivity index (χ4n) is 6.20. The van der Waals surface area contributed by atoms with Crippen LogP contribution in [0, 0.1) is 23.7 Å². The summed E-state index contributed by atoms with van der Waals surface area (Å²) in [5.74, 6) is -12.0. The third-order valence-electron chi connectivity index (χ3n) is 7.65. The highest BCUT2D eigenvalue weighted by Crippen LogP contribution is 2.51. The molecule has 0 heterocycles. The fraction of sp³-hybridized carbons (Fsp3) is 0.500. The zero-order valence-electron chi connectivity index (χ0n) is 19.8. The number of ketones is 4. The number of fused-ring (bicyclic) bond motifs is 3. The van der Waals surface area contributed by atoms with Crippen LogP contribution in [0.4, 0.5) is 5.69 Å². The lowest BCUT2D eigenvalue weighted by Crippen LogP contribution is -2.74. The van der Waals surface area contributed by atoms with Gasteiger partial charge < -0.3 is 20.8 Å². The summed E-state index contributed by atoms with van der Waals surface area (Å²) in [7, 11) is 6.53. The van der Waals surface area contributed by atoms with Crippen molar-refractivity contribution < 1.29 is 39.0 Å². The molecule has 4 rings (SSSR count). The molecule has 11 heteroatoms. The van der Waals surface area contributed by atoms with Gasteiger partial charge >= 0.3 is 5.97 Å². The Labute approximate surface area is 200 Å². The Bertz CT molecular complexity index is 1210. The van der Waals surface area contributed by atoms with Crippen LogP contribution in [-0.2, 0) is 25.6 Å². The summed E-state index contributed by atoms with van der Waals surface area (Å²) in [5, 5.41) is 21.3. The van der Waals surface area contributed by atoms with E-state index in [-0.39, 0.29) is 24.0 Å².